The van der Waals surface area contributed by atoms with E-state index in [1.165, 1.54) is 18.4 Å². The van der Waals surface area contributed by atoms with Crippen LogP contribution in [0.25, 0.3) is 0 Å². The molecule has 0 bridgehead atoms. The van der Waals surface area contributed by atoms with Crippen molar-refractivity contribution in [3.05, 3.63) is 11.3 Å². The molecule has 0 radical (unpaired) electrons. The Morgan fingerprint density at radius 1 is 1.24 bits per heavy atom. The van der Waals surface area contributed by atoms with Gasteiger partial charge in [-0.1, -0.05) is 38.9 Å². The van der Waals surface area contributed by atoms with Crippen LogP contribution in [0.4, 0.5) is 5.82 Å². The zero-order valence-corrected chi connectivity index (χ0v) is 22.4. The molecule has 190 valence electrons. The minimum absolute atomic E-state index is 0.156. The van der Waals surface area contributed by atoms with Crippen LogP contribution in [0.1, 0.15) is 84.4 Å². The Balaban J connectivity index is 1.71. The van der Waals surface area contributed by atoms with E-state index in [-0.39, 0.29) is 5.97 Å². The number of nitrogens with one attached hydrogen (secondary N) is 1. The summed E-state index contributed by atoms with van der Waals surface area (Å²) < 4.78 is 11.5. The molecule has 34 heavy (non-hydrogen) atoms. The second kappa shape index (κ2) is 12.2. The van der Waals surface area contributed by atoms with Gasteiger partial charge in [0.2, 0.25) is 0 Å². The van der Waals surface area contributed by atoms with Gasteiger partial charge in [0.1, 0.15) is 18.0 Å². The maximum absolute atomic E-state index is 12.2. The highest BCUT2D eigenvalue weighted by Gasteiger charge is 2.28. The van der Waals surface area contributed by atoms with Gasteiger partial charge in [0.05, 0.1) is 5.69 Å². The SMILES string of the molecule is CCCN(CCCC(=O)OC(C)(C)C)c1nc(OCC(=S)[C@@H]2CCCC2C)nc2c1CCNC2. The molecule has 1 aliphatic heterocycles. The summed E-state index contributed by atoms with van der Waals surface area (Å²) in [4.78, 5) is 25.0. The zero-order chi connectivity index (χ0) is 24.7. The van der Waals surface area contributed by atoms with Crippen LogP contribution >= 0.6 is 12.2 Å². The highest BCUT2D eigenvalue weighted by atomic mass is 32.1. The Kier molecular flexibility index (Phi) is 9.65. The topological polar surface area (TPSA) is 76.6 Å². The van der Waals surface area contributed by atoms with Gasteiger partial charge in [-0.2, -0.15) is 9.97 Å². The number of nitrogens with zero attached hydrogens (tertiary/aromatic N) is 3. The van der Waals surface area contributed by atoms with Crippen molar-refractivity contribution in [2.75, 3.05) is 31.1 Å². The molecule has 3 rings (SSSR count). The Hall–Kier alpha value is -1.80. The van der Waals surface area contributed by atoms with Crippen molar-refractivity contribution in [2.24, 2.45) is 11.8 Å². The molecule has 1 N–H and O–H groups in total. The number of thiocarbonyl (C=S) groups is 1. The number of carbonyl (C=O) groups excluding carboxylic acids is 1. The van der Waals surface area contributed by atoms with E-state index in [1.807, 2.05) is 20.8 Å². The van der Waals surface area contributed by atoms with Crippen molar-refractivity contribution in [3.63, 3.8) is 0 Å². The lowest BCUT2D eigenvalue weighted by molar-refractivity contribution is -0.154. The molecule has 1 saturated carbocycles. The maximum Gasteiger partial charge on any atom is 0.319 e. The summed E-state index contributed by atoms with van der Waals surface area (Å²) in [6.45, 7) is 13.8. The fourth-order valence-corrected chi connectivity index (χ4v) is 5.32. The summed E-state index contributed by atoms with van der Waals surface area (Å²) in [5.41, 5.74) is 1.73. The van der Waals surface area contributed by atoms with Crippen LogP contribution in [0, 0.1) is 11.8 Å². The lowest BCUT2D eigenvalue weighted by Gasteiger charge is -2.29. The average Bonchev–Trinajstić information content (AvgIpc) is 3.21. The molecule has 1 aromatic heterocycles. The monoisotopic (exact) mass is 490 g/mol. The first-order valence-corrected chi connectivity index (χ1v) is 13.3. The van der Waals surface area contributed by atoms with Crippen LogP contribution in [0.15, 0.2) is 0 Å². The van der Waals surface area contributed by atoms with E-state index in [2.05, 4.69) is 24.1 Å². The Bertz CT molecular complexity index is 855. The van der Waals surface area contributed by atoms with Gasteiger partial charge in [-0.15, -0.1) is 0 Å². The third-order valence-corrected chi connectivity index (χ3v) is 6.96. The van der Waals surface area contributed by atoms with Crippen LogP contribution in [0.5, 0.6) is 6.01 Å². The molecule has 2 heterocycles. The van der Waals surface area contributed by atoms with E-state index in [9.17, 15) is 4.79 Å². The lowest BCUT2D eigenvalue weighted by Crippen LogP contribution is -2.33. The number of aromatic nitrogens is 2. The quantitative estimate of drug-likeness (QED) is 0.355. The van der Waals surface area contributed by atoms with Crippen molar-refractivity contribution < 1.29 is 14.3 Å². The fourth-order valence-electron chi connectivity index (χ4n) is 4.91. The standard InChI is InChI=1S/C26H42N4O3S/c1-6-14-30(15-8-11-23(31)33-26(3,4)5)24-20-12-13-27-16-21(20)28-25(29-24)32-17-22(34)19-10-7-9-18(19)2/h18-19,27H,6-17H2,1-5H3/t18?,19-/m1/s1. The first-order valence-electron chi connectivity index (χ1n) is 12.9. The zero-order valence-electron chi connectivity index (χ0n) is 21.6. The number of anilines is 1. The van der Waals surface area contributed by atoms with Gasteiger partial charge in [0.25, 0.3) is 0 Å². The summed E-state index contributed by atoms with van der Waals surface area (Å²) in [5, 5.41) is 3.41. The molecular formula is C26H42N4O3S. The molecule has 2 aliphatic rings. The summed E-state index contributed by atoms with van der Waals surface area (Å²) in [5.74, 6) is 1.87. The largest absolute Gasteiger partial charge is 0.460 e. The summed E-state index contributed by atoms with van der Waals surface area (Å²) in [6.07, 6.45) is 6.62. The van der Waals surface area contributed by atoms with Crippen molar-refractivity contribution >= 4 is 28.9 Å². The summed E-state index contributed by atoms with van der Waals surface area (Å²) in [6, 6.07) is 0.402. The summed E-state index contributed by atoms with van der Waals surface area (Å²) >= 11 is 5.71. The van der Waals surface area contributed by atoms with Crippen LogP contribution in [-0.4, -0.2) is 52.6 Å². The molecule has 1 aliphatic carbocycles. The van der Waals surface area contributed by atoms with Gasteiger partial charge >= 0.3 is 12.0 Å². The third-order valence-electron chi connectivity index (χ3n) is 6.54. The van der Waals surface area contributed by atoms with Crippen molar-refractivity contribution in [1.29, 1.82) is 0 Å². The van der Waals surface area contributed by atoms with Crippen LogP contribution in [0.3, 0.4) is 0 Å². The minimum atomic E-state index is -0.456. The number of hydrogen-bond donors (Lipinski definition) is 1. The maximum atomic E-state index is 12.2. The minimum Gasteiger partial charge on any atom is -0.460 e. The molecule has 7 nitrogen and oxygen atoms in total. The molecule has 0 amide bonds. The van der Waals surface area contributed by atoms with E-state index in [0.29, 0.717) is 43.8 Å². The van der Waals surface area contributed by atoms with E-state index >= 15 is 0 Å². The van der Waals surface area contributed by atoms with E-state index in [1.54, 1.807) is 0 Å². The highest BCUT2D eigenvalue weighted by Crippen LogP contribution is 2.33. The predicted octanol–water partition coefficient (Wildman–Crippen LogP) is 4.65. The van der Waals surface area contributed by atoms with E-state index in [0.717, 1.165) is 55.3 Å². The van der Waals surface area contributed by atoms with Gasteiger partial charge < -0.3 is 19.7 Å². The van der Waals surface area contributed by atoms with Crippen LogP contribution in [-0.2, 0) is 22.5 Å². The Morgan fingerprint density at radius 2 is 2.03 bits per heavy atom. The predicted molar refractivity (Wildman–Crippen MR) is 140 cm³/mol. The van der Waals surface area contributed by atoms with Gasteiger partial charge in [-0.3, -0.25) is 4.79 Å². The first kappa shape index (κ1) is 26.8. The summed E-state index contributed by atoms with van der Waals surface area (Å²) in [7, 11) is 0. The molecule has 1 unspecified atom stereocenters. The number of fused-ring (bicyclic) bond motifs is 1. The number of esters is 1. The van der Waals surface area contributed by atoms with Gasteiger partial charge in [0.15, 0.2) is 0 Å². The molecule has 8 heteroatoms. The first-order chi connectivity index (χ1) is 16.2. The number of rotatable bonds is 11. The van der Waals surface area contributed by atoms with Gasteiger partial charge in [-0.25, -0.2) is 0 Å². The molecule has 1 aromatic rings. The Morgan fingerprint density at radius 3 is 2.71 bits per heavy atom. The number of carbonyl (C=O) groups is 1. The lowest BCUT2D eigenvalue weighted by atomic mass is 9.95. The third kappa shape index (κ3) is 7.60. The fraction of sp³-hybridized carbons (Fsp3) is 0.769. The van der Waals surface area contributed by atoms with Crippen LogP contribution < -0.4 is 15.0 Å². The van der Waals surface area contributed by atoms with E-state index < -0.39 is 5.60 Å². The number of hydrogen-bond acceptors (Lipinski definition) is 8. The molecule has 2 atom stereocenters. The van der Waals surface area contributed by atoms with Crippen LogP contribution in [0.2, 0.25) is 0 Å². The van der Waals surface area contributed by atoms with E-state index in [4.69, 9.17) is 31.7 Å². The van der Waals surface area contributed by atoms with Gasteiger partial charge in [0, 0.05) is 36.5 Å². The second-order valence-corrected chi connectivity index (χ2v) is 11.2. The molecule has 0 spiro atoms. The average molecular weight is 491 g/mol. The highest BCUT2D eigenvalue weighted by molar-refractivity contribution is 7.80. The smallest absolute Gasteiger partial charge is 0.319 e. The van der Waals surface area contributed by atoms with Gasteiger partial charge in [-0.05, 0) is 64.8 Å². The molecule has 0 saturated heterocycles. The Labute approximate surface area is 210 Å². The van der Waals surface area contributed by atoms with Crippen molar-refractivity contribution in [3.8, 4) is 6.01 Å². The van der Waals surface area contributed by atoms with Crippen molar-refractivity contribution in [2.45, 2.75) is 91.7 Å². The van der Waals surface area contributed by atoms with Crippen molar-refractivity contribution in [1.82, 2.24) is 15.3 Å². The number of ether oxygens (including phenoxy) is 2. The molecule has 1 fully saturated rings. The molecular weight excluding hydrogens is 448 g/mol. The second-order valence-electron chi connectivity index (χ2n) is 10.6. The normalized spacial score (nSPS) is 20.0. The molecule has 0 aromatic carbocycles.